The number of carbonyl (C=O) groups excluding carboxylic acids is 2. The number of ether oxygens (including phenoxy) is 1. The van der Waals surface area contributed by atoms with Crippen molar-refractivity contribution in [3.8, 4) is 0 Å². The number of halogens is 2. The molecule has 0 aromatic heterocycles. The Labute approximate surface area is 182 Å². The average Bonchev–Trinajstić information content (AvgIpc) is 3.02. The number of benzene rings is 1. The van der Waals surface area contributed by atoms with Crippen molar-refractivity contribution in [1.82, 2.24) is 9.80 Å². The average molecular weight is 439 g/mol. The molecule has 1 fully saturated rings. The van der Waals surface area contributed by atoms with Gasteiger partial charge in [0.1, 0.15) is 11.6 Å². The van der Waals surface area contributed by atoms with Crippen LogP contribution in [-0.2, 0) is 16.1 Å². The highest BCUT2D eigenvalue weighted by Crippen LogP contribution is 2.31. The van der Waals surface area contributed by atoms with Gasteiger partial charge in [-0.15, -0.1) is 0 Å². The van der Waals surface area contributed by atoms with E-state index in [-0.39, 0.29) is 18.5 Å². The molecule has 3 rings (SSSR count). The van der Waals surface area contributed by atoms with E-state index in [1.165, 1.54) is 11.3 Å². The van der Waals surface area contributed by atoms with Crippen LogP contribution in [-0.4, -0.2) is 39.5 Å². The Morgan fingerprint density at radius 3 is 2.38 bits per heavy atom. The first-order valence-corrected chi connectivity index (χ1v) is 10.9. The van der Waals surface area contributed by atoms with Crippen molar-refractivity contribution in [3.63, 3.8) is 0 Å². The van der Waals surface area contributed by atoms with Gasteiger partial charge < -0.3 is 9.64 Å². The smallest absolute Gasteiger partial charge is 0.411 e. The molecular formula is C22H28Cl2N2O3. The van der Waals surface area contributed by atoms with E-state index in [2.05, 4.69) is 0 Å². The third-order valence-corrected chi connectivity index (χ3v) is 5.97. The fourth-order valence-corrected chi connectivity index (χ4v) is 4.35. The first-order valence-electron chi connectivity index (χ1n) is 10.1. The van der Waals surface area contributed by atoms with E-state index in [0.717, 1.165) is 25.7 Å². The predicted molar refractivity (Wildman–Crippen MR) is 115 cm³/mol. The number of nitrogens with zero attached hydrogens (tertiary/aromatic N) is 2. The lowest BCUT2D eigenvalue weighted by Crippen LogP contribution is -2.49. The molecule has 1 aromatic carbocycles. The maximum Gasteiger partial charge on any atom is 0.411 e. The van der Waals surface area contributed by atoms with E-state index in [1.54, 1.807) is 49.9 Å². The van der Waals surface area contributed by atoms with E-state index in [0.29, 0.717) is 15.6 Å². The molecule has 1 atom stereocenters. The highest BCUT2D eigenvalue weighted by Gasteiger charge is 2.39. The van der Waals surface area contributed by atoms with Crippen LogP contribution in [0.5, 0.6) is 0 Å². The summed E-state index contributed by atoms with van der Waals surface area (Å²) in [7, 11) is 0. The Morgan fingerprint density at radius 2 is 1.79 bits per heavy atom. The maximum atomic E-state index is 13.2. The molecule has 1 saturated carbocycles. The maximum absolute atomic E-state index is 13.2. The normalized spacial score (nSPS) is 20.2. The second-order valence-electron chi connectivity index (χ2n) is 8.63. The zero-order valence-corrected chi connectivity index (χ0v) is 18.7. The summed E-state index contributed by atoms with van der Waals surface area (Å²) in [5, 5.41) is 0.897. The Balaban J connectivity index is 1.86. The Hall–Kier alpha value is -1.72. The van der Waals surface area contributed by atoms with Gasteiger partial charge in [0.05, 0.1) is 6.54 Å². The fourth-order valence-electron chi connectivity index (χ4n) is 3.83. The third-order valence-electron chi connectivity index (χ3n) is 5.26. The summed E-state index contributed by atoms with van der Waals surface area (Å²) in [6.07, 6.45) is 8.45. The number of carbonyl (C=O) groups is 2. The van der Waals surface area contributed by atoms with Gasteiger partial charge >= 0.3 is 6.09 Å². The van der Waals surface area contributed by atoms with Gasteiger partial charge in [0.25, 0.3) is 5.91 Å². The van der Waals surface area contributed by atoms with Gasteiger partial charge in [0, 0.05) is 27.9 Å². The number of rotatable bonds is 4. The van der Waals surface area contributed by atoms with Crippen LogP contribution in [0.3, 0.4) is 0 Å². The quantitative estimate of drug-likeness (QED) is 0.597. The Morgan fingerprint density at radius 1 is 1.17 bits per heavy atom. The van der Waals surface area contributed by atoms with E-state index in [9.17, 15) is 9.59 Å². The second kappa shape index (κ2) is 8.97. The molecule has 1 unspecified atom stereocenters. The van der Waals surface area contributed by atoms with Crippen molar-refractivity contribution in [2.75, 3.05) is 0 Å². The standard InChI is InChI=1S/C22H28Cl2N2O3/c1-22(2,3)29-21(28)26(14-16-17(23)10-7-11-18(16)24)19-12-13-25(20(19)27)15-8-5-4-6-9-15/h7,10-13,15,19H,4-6,8-9,14H2,1-3H3. The Bertz CT molecular complexity index is 777. The van der Waals surface area contributed by atoms with Crippen molar-refractivity contribution in [3.05, 3.63) is 46.1 Å². The van der Waals surface area contributed by atoms with E-state index in [4.69, 9.17) is 27.9 Å². The molecule has 5 nitrogen and oxygen atoms in total. The molecule has 2 aliphatic rings. The molecule has 0 N–H and O–H groups in total. The monoisotopic (exact) mass is 438 g/mol. The lowest BCUT2D eigenvalue weighted by atomic mass is 9.94. The van der Waals surface area contributed by atoms with Crippen LogP contribution in [0.15, 0.2) is 30.5 Å². The topological polar surface area (TPSA) is 49.9 Å². The zero-order chi connectivity index (χ0) is 21.2. The predicted octanol–water partition coefficient (Wildman–Crippen LogP) is 5.79. The molecule has 1 heterocycles. The fraction of sp³-hybridized carbons (Fsp3) is 0.545. The van der Waals surface area contributed by atoms with Crippen LogP contribution in [0.1, 0.15) is 58.4 Å². The largest absolute Gasteiger partial charge is 0.444 e. The molecule has 29 heavy (non-hydrogen) atoms. The van der Waals surface area contributed by atoms with E-state index in [1.807, 2.05) is 6.20 Å². The third kappa shape index (κ3) is 5.26. The van der Waals surface area contributed by atoms with Crippen LogP contribution in [0.2, 0.25) is 10.0 Å². The van der Waals surface area contributed by atoms with Gasteiger partial charge in [0.15, 0.2) is 0 Å². The van der Waals surface area contributed by atoms with Crippen LogP contribution in [0.4, 0.5) is 4.79 Å². The van der Waals surface area contributed by atoms with Gasteiger partial charge in [-0.3, -0.25) is 9.69 Å². The number of hydrogen-bond acceptors (Lipinski definition) is 3. The summed E-state index contributed by atoms with van der Waals surface area (Å²) in [4.78, 5) is 29.4. The molecule has 0 bridgehead atoms. The lowest BCUT2D eigenvalue weighted by Gasteiger charge is -2.34. The second-order valence-corrected chi connectivity index (χ2v) is 9.45. The molecule has 7 heteroatoms. The molecule has 2 amide bonds. The number of hydrogen-bond donors (Lipinski definition) is 0. The summed E-state index contributed by atoms with van der Waals surface area (Å²) >= 11 is 12.7. The minimum absolute atomic E-state index is 0.0900. The summed E-state index contributed by atoms with van der Waals surface area (Å²) in [6, 6.07) is 4.64. The number of amides is 2. The SMILES string of the molecule is CC(C)(C)OC(=O)N(Cc1c(Cl)cccc1Cl)C1C=CN(C2CCCCC2)C1=O. The lowest BCUT2D eigenvalue weighted by molar-refractivity contribution is -0.133. The van der Waals surface area contributed by atoms with Gasteiger partial charge in [0.2, 0.25) is 0 Å². The van der Waals surface area contributed by atoms with E-state index < -0.39 is 17.7 Å². The first kappa shape index (κ1) is 22.0. The minimum atomic E-state index is -0.737. The van der Waals surface area contributed by atoms with Gasteiger partial charge in [-0.2, -0.15) is 0 Å². The first-order chi connectivity index (χ1) is 13.7. The van der Waals surface area contributed by atoms with Crippen molar-refractivity contribution in [2.45, 2.75) is 77.1 Å². The van der Waals surface area contributed by atoms with Crippen LogP contribution < -0.4 is 0 Å². The van der Waals surface area contributed by atoms with Crippen LogP contribution in [0, 0.1) is 0 Å². The minimum Gasteiger partial charge on any atom is -0.444 e. The van der Waals surface area contributed by atoms with Gasteiger partial charge in [-0.1, -0.05) is 48.5 Å². The van der Waals surface area contributed by atoms with Crippen molar-refractivity contribution < 1.29 is 14.3 Å². The van der Waals surface area contributed by atoms with Crippen molar-refractivity contribution in [1.29, 1.82) is 0 Å². The molecule has 158 valence electrons. The molecule has 0 radical (unpaired) electrons. The molecule has 1 aliphatic heterocycles. The molecule has 0 saturated heterocycles. The highest BCUT2D eigenvalue weighted by atomic mass is 35.5. The summed E-state index contributed by atoms with van der Waals surface area (Å²) in [5.41, 5.74) is -0.0902. The summed E-state index contributed by atoms with van der Waals surface area (Å²) < 4.78 is 5.59. The summed E-state index contributed by atoms with van der Waals surface area (Å²) in [6.45, 7) is 5.48. The molecule has 1 aliphatic carbocycles. The van der Waals surface area contributed by atoms with E-state index >= 15 is 0 Å². The van der Waals surface area contributed by atoms with Crippen molar-refractivity contribution in [2.24, 2.45) is 0 Å². The van der Waals surface area contributed by atoms with Crippen molar-refractivity contribution >= 4 is 35.2 Å². The van der Waals surface area contributed by atoms with Crippen LogP contribution in [0.25, 0.3) is 0 Å². The zero-order valence-electron chi connectivity index (χ0n) is 17.2. The van der Waals surface area contributed by atoms with Crippen LogP contribution >= 0.6 is 23.2 Å². The van der Waals surface area contributed by atoms with Gasteiger partial charge in [-0.25, -0.2) is 4.79 Å². The summed E-state index contributed by atoms with van der Waals surface area (Å²) in [5.74, 6) is -0.106. The molecule has 1 aromatic rings. The molecular weight excluding hydrogens is 411 g/mol. The van der Waals surface area contributed by atoms with Gasteiger partial charge in [-0.05, 0) is 51.8 Å². The highest BCUT2D eigenvalue weighted by molar-refractivity contribution is 6.36. The Kier molecular flexibility index (Phi) is 6.79. The molecule has 0 spiro atoms.